The minimum Gasteiger partial charge on any atom is -0.311 e. The van der Waals surface area contributed by atoms with Gasteiger partial charge in [0.2, 0.25) is 0 Å². The standard InChI is InChI=1S/C13H17BrN4/c1-10(2)7-15-8-12-9-16-18(17-12)13-5-3-4-11(14)6-13/h3-6,9-10,15H,7-8H2,1-2H3. The van der Waals surface area contributed by atoms with E-state index in [1.807, 2.05) is 24.3 Å². The fourth-order valence-corrected chi connectivity index (χ4v) is 1.98. The van der Waals surface area contributed by atoms with Crippen molar-refractivity contribution in [3.05, 3.63) is 40.6 Å². The maximum atomic E-state index is 4.44. The first-order valence-electron chi connectivity index (χ1n) is 6.03. The van der Waals surface area contributed by atoms with Crippen molar-refractivity contribution in [2.24, 2.45) is 5.92 Å². The van der Waals surface area contributed by atoms with Gasteiger partial charge in [-0.2, -0.15) is 15.0 Å². The third-order valence-electron chi connectivity index (χ3n) is 2.44. The molecule has 0 aliphatic rings. The minimum absolute atomic E-state index is 0.644. The van der Waals surface area contributed by atoms with Gasteiger partial charge in [0, 0.05) is 11.0 Å². The average molecular weight is 309 g/mol. The summed E-state index contributed by atoms with van der Waals surface area (Å²) in [6, 6.07) is 7.93. The summed E-state index contributed by atoms with van der Waals surface area (Å²) in [4.78, 5) is 1.65. The molecule has 1 N–H and O–H groups in total. The molecule has 0 aliphatic heterocycles. The normalized spacial score (nSPS) is 11.1. The van der Waals surface area contributed by atoms with Gasteiger partial charge in [-0.3, -0.25) is 0 Å². The van der Waals surface area contributed by atoms with Crippen LogP contribution in [0.25, 0.3) is 5.69 Å². The molecule has 0 saturated carbocycles. The summed E-state index contributed by atoms with van der Waals surface area (Å²) in [6.07, 6.45) is 1.80. The first kappa shape index (κ1) is 13.2. The summed E-state index contributed by atoms with van der Waals surface area (Å²) < 4.78 is 1.02. The van der Waals surface area contributed by atoms with Gasteiger partial charge in [0.1, 0.15) is 0 Å². The zero-order chi connectivity index (χ0) is 13.0. The Hall–Kier alpha value is -1.20. The van der Waals surface area contributed by atoms with Crippen molar-refractivity contribution in [2.45, 2.75) is 20.4 Å². The Balaban J connectivity index is 2.02. The van der Waals surface area contributed by atoms with Gasteiger partial charge in [-0.05, 0) is 30.7 Å². The quantitative estimate of drug-likeness (QED) is 0.923. The fourth-order valence-electron chi connectivity index (χ4n) is 1.59. The average Bonchev–Trinajstić information content (AvgIpc) is 2.77. The first-order chi connectivity index (χ1) is 8.65. The molecule has 2 aromatic rings. The Labute approximate surface area is 116 Å². The molecule has 1 aromatic carbocycles. The monoisotopic (exact) mass is 308 g/mol. The van der Waals surface area contributed by atoms with Gasteiger partial charge in [0.05, 0.1) is 17.6 Å². The zero-order valence-electron chi connectivity index (χ0n) is 10.6. The predicted molar refractivity (Wildman–Crippen MR) is 75.6 cm³/mol. The molecular formula is C13H17BrN4. The van der Waals surface area contributed by atoms with Crippen LogP contribution in [0.5, 0.6) is 0 Å². The highest BCUT2D eigenvalue weighted by Gasteiger charge is 2.03. The lowest BCUT2D eigenvalue weighted by molar-refractivity contribution is 0.546. The number of hydrogen-bond acceptors (Lipinski definition) is 3. The van der Waals surface area contributed by atoms with Crippen LogP contribution in [0.4, 0.5) is 0 Å². The van der Waals surface area contributed by atoms with Crippen LogP contribution in [0.1, 0.15) is 19.5 Å². The lowest BCUT2D eigenvalue weighted by Gasteiger charge is -2.04. The van der Waals surface area contributed by atoms with E-state index in [0.29, 0.717) is 5.92 Å². The molecule has 0 radical (unpaired) electrons. The Morgan fingerprint density at radius 1 is 1.39 bits per heavy atom. The van der Waals surface area contributed by atoms with E-state index in [4.69, 9.17) is 0 Å². The Bertz CT molecular complexity index is 507. The molecule has 0 aliphatic carbocycles. The molecule has 96 valence electrons. The van der Waals surface area contributed by atoms with Gasteiger partial charge in [-0.1, -0.05) is 35.8 Å². The molecule has 4 nitrogen and oxygen atoms in total. The van der Waals surface area contributed by atoms with Crippen molar-refractivity contribution >= 4 is 15.9 Å². The fraction of sp³-hybridized carbons (Fsp3) is 0.385. The maximum Gasteiger partial charge on any atom is 0.0969 e. The van der Waals surface area contributed by atoms with E-state index in [9.17, 15) is 0 Å². The summed E-state index contributed by atoms with van der Waals surface area (Å²) >= 11 is 3.44. The Morgan fingerprint density at radius 2 is 2.22 bits per heavy atom. The summed E-state index contributed by atoms with van der Waals surface area (Å²) in [5.74, 6) is 0.644. The summed E-state index contributed by atoms with van der Waals surface area (Å²) in [7, 11) is 0. The number of nitrogens with one attached hydrogen (secondary N) is 1. The molecule has 0 spiro atoms. The summed E-state index contributed by atoms with van der Waals surface area (Å²) in [5, 5.41) is 12.1. The van der Waals surface area contributed by atoms with Gasteiger partial charge < -0.3 is 5.32 Å². The summed E-state index contributed by atoms with van der Waals surface area (Å²) in [5.41, 5.74) is 1.91. The van der Waals surface area contributed by atoms with Crippen LogP contribution in [0.2, 0.25) is 0 Å². The molecule has 1 aromatic heterocycles. The lowest BCUT2D eigenvalue weighted by atomic mass is 10.2. The molecule has 2 rings (SSSR count). The van der Waals surface area contributed by atoms with E-state index in [-0.39, 0.29) is 0 Å². The predicted octanol–water partition coefficient (Wildman–Crippen LogP) is 2.78. The van der Waals surface area contributed by atoms with Gasteiger partial charge in [-0.25, -0.2) is 0 Å². The van der Waals surface area contributed by atoms with Crippen molar-refractivity contribution in [2.75, 3.05) is 6.54 Å². The highest BCUT2D eigenvalue weighted by molar-refractivity contribution is 9.10. The van der Waals surface area contributed by atoms with Gasteiger partial charge in [0.25, 0.3) is 0 Å². The highest BCUT2D eigenvalue weighted by Crippen LogP contribution is 2.13. The molecule has 1 heterocycles. The second-order valence-electron chi connectivity index (χ2n) is 4.63. The van der Waals surface area contributed by atoms with Crippen LogP contribution < -0.4 is 5.32 Å². The van der Waals surface area contributed by atoms with Crippen molar-refractivity contribution in [3.8, 4) is 5.69 Å². The molecule has 0 atom stereocenters. The van der Waals surface area contributed by atoms with Crippen LogP contribution in [0.15, 0.2) is 34.9 Å². The molecule has 5 heteroatoms. The van der Waals surface area contributed by atoms with Crippen LogP contribution in [0, 0.1) is 5.92 Å². The third-order valence-corrected chi connectivity index (χ3v) is 2.93. The van der Waals surface area contributed by atoms with Gasteiger partial charge in [0.15, 0.2) is 0 Å². The van der Waals surface area contributed by atoms with Crippen molar-refractivity contribution in [3.63, 3.8) is 0 Å². The smallest absolute Gasteiger partial charge is 0.0969 e. The van der Waals surface area contributed by atoms with E-state index in [2.05, 4.69) is 45.3 Å². The molecule has 0 amide bonds. The number of aromatic nitrogens is 3. The number of hydrogen-bond donors (Lipinski definition) is 1. The molecule has 0 unspecified atom stereocenters. The number of rotatable bonds is 5. The molecule has 0 fully saturated rings. The topological polar surface area (TPSA) is 42.7 Å². The van der Waals surface area contributed by atoms with Crippen molar-refractivity contribution < 1.29 is 0 Å². The number of nitrogens with zero attached hydrogens (tertiary/aromatic N) is 3. The number of benzene rings is 1. The minimum atomic E-state index is 0.644. The second kappa shape index (κ2) is 6.11. The highest BCUT2D eigenvalue weighted by atomic mass is 79.9. The SMILES string of the molecule is CC(C)CNCc1cnn(-c2cccc(Br)c2)n1. The van der Waals surface area contributed by atoms with E-state index in [1.54, 1.807) is 11.0 Å². The lowest BCUT2D eigenvalue weighted by Crippen LogP contribution is -2.19. The van der Waals surface area contributed by atoms with Crippen LogP contribution in [0.3, 0.4) is 0 Å². The zero-order valence-corrected chi connectivity index (χ0v) is 12.2. The van der Waals surface area contributed by atoms with Crippen LogP contribution in [-0.4, -0.2) is 21.5 Å². The summed E-state index contributed by atoms with van der Waals surface area (Å²) in [6.45, 7) is 6.12. The maximum absolute atomic E-state index is 4.44. The molecule has 0 bridgehead atoms. The van der Waals surface area contributed by atoms with E-state index in [1.165, 1.54) is 0 Å². The Kier molecular flexibility index (Phi) is 4.49. The van der Waals surface area contributed by atoms with Crippen molar-refractivity contribution in [1.29, 1.82) is 0 Å². The van der Waals surface area contributed by atoms with E-state index < -0.39 is 0 Å². The van der Waals surface area contributed by atoms with Gasteiger partial charge in [-0.15, -0.1) is 0 Å². The molecule has 18 heavy (non-hydrogen) atoms. The molecular weight excluding hydrogens is 292 g/mol. The van der Waals surface area contributed by atoms with Gasteiger partial charge >= 0.3 is 0 Å². The van der Waals surface area contributed by atoms with Crippen molar-refractivity contribution in [1.82, 2.24) is 20.3 Å². The Morgan fingerprint density at radius 3 is 2.94 bits per heavy atom. The van der Waals surface area contributed by atoms with E-state index in [0.717, 1.165) is 28.9 Å². The second-order valence-corrected chi connectivity index (χ2v) is 5.55. The molecule has 0 saturated heterocycles. The number of halogens is 1. The van der Waals surface area contributed by atoms with Crippen LogP contribution in [-0.2, 0) is 6.54 Å². The first-order valence-corrected chi connectivity index (χ1v) is 6.82. The third kappa shape index (κ3) is 3.65. The largest absolute Gasteiger partial charge is 0.311 e. The van der Waals surface area contributed by atoms with E-state index >= 15 is 0 Å². The van der Waals surface area contributed by atoms with Crippen LogP contribution >= 0.6 is 15.9 Å².